The summed E-state index contributed by atoms with van der Waals surface area (Å²) < 4.78 is 0. The number of fused-ring (bicyclic) bond motifs is 1. The maximum Gasteiger partial charge on any atom is 0.239 e. The first kappa shape index (κ1) is 18.2. The second kappa shape index (κ2) is 7.77. The van der Waals surface area contributed by atoms with Crippen molar-refractivity contribution in [2.75, 3.05) is 13.6 Å². The largest absolute Gasteiger partial charge is 0.337 e. The Morgan fingerprint density at radius 3 is 2.60 bits per heavy atom. The normalized spacial score (nSPS) is 15.2. The molecule has 0 aliphatic carbocycles. The summed E-state index contributed by atoms with van der Waals surface area (Å²) in [5.74, 6) is 0.164. The summed E-state index contributed by atoms with van der Waals surface area (Å²) in [4.78, 5) is 16.9. The summed E-state index contributed by atoms with van der Waals surface area (Å²) in [5, 5.41) is 1.09. The van der Waals surface area contributed by atoms with E-state index in [0.29, 0.717) is 23.1 Å². The molecule has 2 aromatic carbocycles. The summed E-state index contributed by atoms with van der Waals surface area (Å²) in [6, 6.07) is 13.8. The lowest BCUT2D eigenvalue weighted by Crippen LogP contribution is -2.47. The van der Waals surface area contributed by atoms with Crippen molar-refractivity contribution in [3.05, 3.63) is 69.2 Å². The Kier molecular flexibility index (Phi) is 5.67. The molecule has 0 radical (unpaired) electrons. The van der Waals surface area contributed by atoms with E-state index in [1.54, 1.807) is 6.07 Å². The first-order valence-corrected chi connectivity index (χ1v) is 9.21. The zero-order valence-corrected chi connectivity index (χ0v) is 16.0. The molecular weight excluding hydrogens is 355 g/mol. The van der Waals surface area contributed by atoms with E-state index in [1.165, 1.54) is 11.1 Å². The van der Waals surface area contributed by atoms with Crippen molar-refractivity contribution in [1.29, 1.82) is 0 Å². The van der Waals surface area contributed by atoms with Gasteiger partial charge in [0.15, 0.2) is 0 Å². The van der Waals surface area contributed by atoms with Gasteiger partial charge < -0.3 is 4.90 Å². The molecule has 0 fully saturated rings. The fraction of sp³-hybridized carbons (Fsp3) is 0.350. The van der Waals surface area contributed by atoms with Gasteiger partial charge in [-0.2, -0.15) is 0 Å². The predicted octanol–water partition coefficient (Wildman–Crippen LogP) is 4.40. The van der Waals surface area contributed by atoms with Gasteiger partial charge in [-0.25, -0.2) is 0 Å². The minimum atomic E-state index is -0.195. The highest BCUT2D eigenvalue weighted by Crippen LogP contribution is 2.24. The standard InChI is InChI=1S/C20H22Cl2N2O/c1-14(23(2)12-15-7-8-18(21)19(22)11-15)20(25)24-10-9-16-5-3-4-6-17(16)13-24/h3-8,11,14H,9-10,12-13H2,1-2H3. The molecule has 2 aromatic rings. The summed E-state index contributed by atoms with van der Waals surface area (Å²) in [5.41, 5.74) is 3.64. The van der Waals surface area contributed by atoms with E-state index >= 15 is 0 Å². The van der Waals surface area contributed by atoms with E-state index < -0.39 is 0 Å². The number of amides is 1. The highest BCUT2D eigenvalue weighted by molar-refractivity contribution is 6.42. The molecule has 1 unspecified atom stereocenters. The van der Waals surface area contributed by atoms with E-state index in [-0.39, 0.29) is 11.9 Å². The van der Waals surface area contributed by atoms with Gasteiger partial charge in [-0.3, -0.25) is 9.69 Å². The molecule has 0 bridgehead atoms. The summed E-state index contributed by atoms with van der Waals surface area (Å²) in [6.07, 6.45) is 0.922. The lowest BCUT2D eigenvalue weighted by Gasteiger charge is -2.33. The average molecular weight is 377 g/mol. The van der Waals surface area contributed by atoms with Crippen molar-refractivity contribution in [3.8, 4) is 0 Å². The van der Waals surface area contributed by atoms with Crippen LogP contribution in [0.15, 0.2) is 42.5 Å². The maximum atomic E-state index is 12.9. The number of benzene rings is 2. The molecule has 5 heteroatoms. The Bertz CT molecular complexity index is 778. The fourth-order valence-corrected chi connectivity index (χ4v) is 3.52. The summed E-state index contributed by atoms with van der Waals surface area (Å²) >= 11 is 12.1. The molecule has 0 saturated heterocycles. The van der Waals surface area contributed by atoms with E-state index in [9.17, 15) is 4.79 Å². The van der Waals surface area contributed by atoms with Gasteiger partial charge in [0, 0.05) is 19.6 Å². The average Bonchev–Trinajstić information content (AvgIpc) is 2.63. The predicted molar refractivity (Wildman–Crippen MR) is 103 cm³/mol. The molecule has 0 aromatic heterocycles. The third kappa shape index (κ3) is 4.17. The zero-order chi connectivity index (χ0) is 18.0. The van der Waals surface area contributed by atoms with Gasteiger partial charge in [0.1, 0.15) is 0 Å². The van der Waals surface area contributed by atoms with Gasteiger partial charge in [0.25, 0.3) is 0 Å². The van der Waals surface area contributed by atoms with Crippen molar-refractivity contribution >= 4 is 29.1 Å². The molecule has 25 heavy (non-hydrogen) atoms. The molecule has 1 atom stereocenters. The van der Waals surface area contributed by atoms with Gasteiger partial charge in [-0.1, -0.05) is 53.5 Å². The first-order valence-electron chi connectivity index (χ1n) is 8.45. The van der Waals surface area contributed by atoms with Gasteiger partial charge in [0.2, 0.25) is 5.91 Å². The molecule has 0 spiro atoms. The van der Waals surface area contributed by atoms with Crippen molar-refractivity contribution < 1.29 is 4.79 Å². The number of likely N-dealkylation sites (N-methyl/N-ethyl adjacent to an activating group) is 1. The molecule has 1 heterocycles. The lowest BCUT2D eigenvalue weighted by atomic mass is 9.99. The second-order valence-electron chi connectivity index (χ2n) is 6.62. The van der Waals surface area contributed by atoms with Gasteiger partial charge in [0.05, 0.1) is 16.1 Å². The SMILES string of the molecule is CC(C(=O)N1CCc2ccccc2C1)N(C)Cc1ccc(Cl)c(Cl)c1. The summed E-state index contributed by atoms with van der Waals surface area (Å²) in [6.45, 7) is 4.08. The van der Waals surface area contributed by atoms with E-state index in [4.69, 9.17) is 23.2 Å². The van der Waals surface area contributed by atoms with E-state index in [0.717, 1.165) is 18.5 Å². The Morgan fingerprint density at radius 2 is 1.88 bits per heavy atom. The molecule has 3 nitrogen and oxygen atoms in total. The topological polar surface area (TPSA) is 23.6 Å². The minimum Gasteiger partial charge on any atom is -0.337 e. The summed E-state index contributed by atoms with van der Waals surface area (Å²) in [7, 11) is 1.96. The zero-order valence-electron chi connectivity index (χ0n) is 14.5. The molecule has 1 amide bonds. The molecule has 132 valence electrons. The van der Waals surface area contributed by atoms with Gasteiger partial charge >= 0.3 is 0 Å². The number of nitrogens with zero attached hydrogens (tertiary/aromatic N) is 2. The monoisotopic (exact) mass is 376 g/mol. The van der Waals surface area contributed by atoms with Crippen LogP contribution >= 0.6 is 23.2 Å². The van der Waals surface area contributed by atoms with Crippen LogP contribution in [-0.4, -0.2) is 35.3 Å². The van der Waals surface area contributed by atoms with Crippen LogP contribution in [0.25, 0.3) is 0 Å². The fourth-order valence-electron chi connectivity index (χ4n) is 3.20. The smallest absolute Gasteiger partial charge is 0.239 e. The number of carbonyl (C=O) groups is 1. The van der Waals surface area contributed by atoms with Crippen molar-refractivity contribution in [3.63, 3.8) is 0 Å². The highest BCUT2D eigenvalue weighted by Gasteiger charge is 2.26. The van der Waals surface area contributed by atoms with E-state index in [1.807, 2.05) is 42.0 Å². The Hall–Kier alpha value is -1.55. The van der Waals surface area contributed by atoms with Crippen LogP contribution in [0.5, 0.6) is 0 Å². The maximum absolute atomic E-state index is 12.9. The van der Waals surface area contributed by atoms with Crippen molar-refractivity contribution in [1.82, 2.24) is 9.80 Å². The molecule has 0 saturated carbocycles. The number of halogens is 2. The van der Waals surface area contributed by atoms with Gasteiger partial charge in [-0.05, 0) is 49.2 Å². The molecule has 1 aliphatic heterocycles. The molecule has 3 rings (SSSR count). The Labute approximate surface area is 159 Å². The third-order valence-electron chi connectivity index (χ3n) is 4.88. The van der Waals surface area contributed by atoms with Crippen LogP contribution in [0.3, 0.4) is 0 Å². The minimum absolute atomic E-state index is 0.164. The van der Waals surface area contributed by atoms with E-state index in [2.05, 4.69) is 18.2 Å². The van der Waals surface area contributed by atoms with Crippen LogP contribution in [0.4, 0.5) is 0 Å². The lowest BCUT2D eigenvalue weighted by molar-refractivity contribution is -0.137. The highest BCUT2D eigenvalue weighted by atomic mass is 35.5. The third-order valence-corrected chi connectivity index (χ3v) is 5.62. The quantitative estimate of drug-likeness (QED) is 0.789. The molecular formula is C20H22Cl2N2O. The second-order valence-corrected chi connectivity index (χ2v) is 7.43. The number of carbonyl (C=O) groups excluding carboxylic acids is 1. The number of hydrogen-bond donors (Lipinski definition) is 0. The Balaban J connectivity index is 1.64. The number of rotatable bonds is 4. The first-order chi connectivity index (χ1) is 12.0. The van der Waals surface area contributed by atoms with Gasteiger partial charge in [-0.15, -0.1) is 0 Å². The van der Waals surface area contributed by atoms with Crippen LogP contribution in [0.1, 0.15) is 23.6 Å². The van der Waals surface area contributed by atoms with Crippen LogP contribution in [-0.2, 0) is 24.3 Å². The van der Waals surface area contributed by atoms with Crippen LogP contribution in [0, 0.1) is 0 Å². The Morgan fingerprint density at radius 1 is 1.16 bits per heavy atom. The van der Waals surface area contributed by atoms with Crippen molar-refractivity contribution in [2.24, 2.45) is 0 Å². The number of hydrogen-bond acceptors (Lipinski definition) is 2. The molecule has 1 aliphatic rings. The molecule has 0 N–H and O–H groups in total. The van der Waals surface area contributed by atoms with Crippen molar-refractivity contribution in [2.45, 2.75) is 32.5 Å². The van der Waals surface area contributed by atoms with Crippen LogP contribution in [0.2, 0.25) is 10.0 Å². The van der Waals surface area contributed by atoms with Crippen LogP contribution < -0.4 is 0 Å².